The standard InChI is InChI=1S/C12H17F3N2/c1-8(2)17-11(7-16)9-3-5-10(6-4-9)12(13,14)15/h3-6,8,11,17H,7,16H2,1-2H3. The van der Waals surface area contributed by atoms with Gasteiger partial charge in [0, 0.05) is 18.6 Å². The second-order valence-corrected chi connectivity index (χ2v) is 4.23. The van der Waals surface area contributed by atoms with Crippen LogP contribution in [-0.4, -0.2) is 12.6 Å². The van der Waals surface area contributed by atoms with E-state index in [2.05, 4.69) is 5.32 Å². The Hall–Kier alpha value is -1.07. The summed E-state index contributed by atoms with van der Waals surface area (Å²) in [5.74, 6) is 0. The average Bonchev–Trinajstić information content (AvgIpc) is 2.24. The molecule has 0 spiro atoms. The van der Waals surface area contributed by atoms with Gasteiger partial charge in [-0.3, -0.25) is 0 Å². The maximum Gasteiger partial charge on any atom is 0.416 e. The fraction of sp³-hybridized carbons (Fsp3) is 0.500. The molecule has 1 aromatic carbocycles. The third-order valence-electron chi connectivity index (χ3n) is 2.41. The Balaban J connectivity index is 2.85. The van der Waals surface area contributed by atoms with Crippen molar-refractivity contribution in [2.24, 2.45) is 5.73 Å². The molecule has 96 valence electrons. The largest absolute Gasteiger partial charge is 0.416 e. The van der Waals surface area contributed by atoms with Gasteiger partial charge < -0.3 is 11.1 Å². The molecule has 0 saturated carbocycles. The summed E-state index contributed by atoms with van der Waals surface area (Å²) < 4.78 is 37.1. The lowest BCUT2D eigenvalue weighted by molar-refractivity contribution is -0.137. The molecule has 1 aromatic rings. The van der Waals surface area contributed by atoms with Crippen LogP contribution in [0, 0.1) is 0 Å². The van der Waals surface area contributed by atoms with E-state index in [1.807, 2.05) is 13.8 Å². The van der Waals surface area contributed by atoms with Crippen LogP contribution >= 0.6 is 0 Å². The van der Waals surface area contributed by atoms with Gasteiger partial charge in [0.2, 0.25) is 0 Å². The normalized spacial score (nSPS) is 14.1. The molecule has 1 unspecified atom stereocenters. The summed E-state index contributed by atoms with van der Waals surface area (Å²) in [4.78, 5) is 0. The Bertz CT molecular complexity index is 344. The van der Waals surface area contributed by atoms with Crippen LogP contribution < -0.4 is 11.1 Å². The van der Waals surface area contributed by atoms with Crippen molar-refractivity contribution in [1.82, 2.24) is 5.32 Å². The Morgan fingerprint density at radius 1 is 1.18 bits per heavy atom. The Morgan fingerprint density at radius 3 is 2.06 bits per heavy atom. The highest BCUT2D eigenvalue weighted by Crippen LogP contribution is 2.29. The molecule has 3 N–H and O–H groups in total. The van der Waals surface area contributed by atoms with Gasteiger partial charge in [-0.25, -0.2) is 0 Å². The first-order chi connectivity index (χ1) is 7.84. The topological polar surface area (TPSA) is 38.0 Å². The molecule has 0 aliphatic rings. The summed E-state index contributed by atoms with van der Waals surface area (Å²) in [7, 11) is 0. The molecule has 0 fully saturated rings. The van der Waals surface area contributed by atoms with Crippen molar-refractivity contribution in [3.05, 3.63) is 35.4 Å². The van der Waals surface area contributed by atoms with E-state index in [-0.39, 0.29) is 12.1 Å². The molecule has 0 aromatic heterocycles. The minimum Gasteiger partial charge on any atom is -0.329 e. The quantitative estimate of drug-likeness (QED) is 0.857. The van der Waals surface area contributed by atoms with Gasteiger partial charge in [-0.1, -0.05) is 26.0 Å². The zero-order valence-electron chi connectivity index (χ0n) is 9.88. The molecule has 0 bridgehead atoms. The van der Waals surface area contributed by atoms with E-state index in [1.54, 1.807) is 0 Å². The van der Waals surface area contributed by atoms with Gasteiger partial charge in [0.15, 0.2) is 0 Å². The predicted molar refractivity (Wildman–Crippen MR) is 61.5 cm³/mol. The van der Waals surface area contributed by atoms with E-state index < -0.39 is 11.7 Å². The summed E-state index contributed by atoms with van der Waals surface area (Å²) in [5.41, 5.74) is 5.73. The van der Waals surface area contributed by atoms with Crippen LogP contribution in [0.2, 0.25) is 0 Å². The molecule has 2 nitrogen and oxygen atoms in total. The van der Waals surface area contributed by atoms with Crippen molar-refractivity contribution < 1.29 is 13.2 Å². The Morgan fingerprint density at radius 2 is 1.71 bits per heavy atom. The fourth-order valence-corrected chi connectivity index (χ4v) is 1.61. The van der Waals surface area contributed by atoms with E-state index in [0.717, 1.165) is 17.7 Å². The Labute approximate surface area is 99.0 Å². The highest BCUT2D eigenvalue weighted by molar-refractivity contribution is 5.27. The molecule has 0 saturated heterocycles. The molecule has 0 aliphatic heterocycles. The smallest absolute Gasteiger partial charge is 0.329 e. The highest BCUT2D eigenvalue weighted by Gasteiger charge is 2.30. The van der Waals surface area contributed by atoms with Crippen LogP contribution in [0.1, 0.15) is 31.0 Å². The van der Waals surface area contributed by atoms with Crippen molar-refractivity contribution in [2.45, 2.75) is 32.1 Å². The Kier molecular flexibility index (Phi) is 4.54. The number of benzene rings is 1. The van der Waals surface area contributed by atoms with Crippen LogP contribution in [0.5, 0.6) is 0 Å². The molecule has 0 heterocycles. The molecule has 5 heteroatoms. The number of halogens is 3. The lowest BCUT2D eigenvalue weighted by Crippen LogP contribution is -2.33. The second kappa shape index (κ2) is 5.51. The number of rotatable bonds is 4. The van der Waals surface area contributed by atoms with Crippen LogP contribution in [0.15, 0.2) is 24.3 Å². The number of hydrogen-bond acceptors (Lipinski definition) is 2. The number of nitrogens with two attached hydrogens (primary N) is 1. The summed E-state index contributed by atoms with van der Waals surface area (Å²) in [5, 5.41) is 3.20. The molecule has 0 amide bonds. The molecule has 1 atom stereocenters. The van der Waals surface area contributed by atoms with Crippen LogP contribution in [0.4, 0.5) is 13.2 Å². The van der Waals surface area contributed by atoms with Gasteiger partial charge in [-0.2, -0.15) is 13.2 Å². The maximum atomic E-state index is 12.4. The average molecular weight is 246 g/mol. The minimum absolute atomic E-state index is 0.114. The molecule has 0 aliphatic carbocycles. The summed E-state index contributed by atoms with van der Waals surface area (Å²) >= 11 is 0. The van der Waals surface area contributed by atoms with Crippen molar-refractivity contribution >= 4 is 0 Å². The van der Waals surface area contributed by atoms with Crippen molar-refractivity contribution in [2.75, 3.05) is 6.54 Å². The number of nitrogens with one attached hydrogen (secondary N) is 1. The van der Waals surface area contributed by atoms with E-state index in [4.69, 9.17) is 5.73 Å². The number of hydrogen-bond donors (Lipinski definition) is 2. The van der Waals surface area contributed by atoms with Crippen molar-refractivity contribution in [3.63, 3.8) is 0 Å². The first kappa shape index (κ1) is 14.0. The van der Waals surface area contributed by atoms with Gasteiger partial charge >= 0.3 is 6.18 Å². The molecule has 1 rings (SSSR count). The fourth-order valence-electron chi connectivity index (χ4n) is 1.61. The first-order valence-electron chi connectivity index (χ1n) is 5.48. The lowest BCUT2D eigenvalue weighted by Gasteiger charge is -2.20. The van der Waals surface area contributed by atoms with Gasteiger partial charge in [0.05, 0.1) is 5.56 Å². The molecular weight excluding hydrogens is 229 g/mol. The van der Waals surface area contributed by atoms with Crippen LogP contribution in [0.25, 0.3) is 0 Å². The molecule has 17 heavy (non-hydrogen) atoms. The third kappa shape index (κ3) is 4.02. The van der Waals surface area contributed by atoms with E-state index in [0.29, 0.717) is 6.54 Å². The van der Waals surface area contributed by atoms with Gasteiger partial charge in [-0.05, 0) is 17.7 Å². The lowest BCUT2D eigenvalue weighted by atomic mass is 10.0. The summed E-state index contributed by atoms with van der Waals surface area (Å²) in [6.45, 7) is 4.28. The van der Waals surface area contributed by atoms with Crippen LogP contribution in [-0.2, 0) is 6.18 Å². The van der Waals surface area contributed by atoms with E-state index in [9.17, 15) is 13.2 Å². The van der Waals surface area contributed by atoms with E-state index >= 15 is 0 Å². The first-order valence-corrected chi connectivity index (χ1v) is 5.48. The van der Waals surface area contributed by atoms with Crippen molar-refractivity contribution in [1.29, 1.82) is 0 Å². The summed E-state index contributed by atoms with van der Waals surface area (Å²) in [6, 6.07) is 5.22. The van der Waals surface area contributed by atoms with Crippen molar-refractivity contribution in [3.8, 4) is 0 Å². The molecular formula is C12H17F3N2. The van der Waals surface area contributed by atoms with Gasteiger partial charge in [0.25, 0.3) is 0 Å². The zero-order valence-corrected chi connectivity index (χ0v) is 9.88. The minimum atomic E-state index is -4.29. The SMILES string of the molecule is CC(C)NC(CN)c1ccc(C(F)(F)F)cc1. The van der Waals surface area contributed by atoms with E-state index in [1.165, 1.54) is 12.1 Å². The third-order valence-corrected chi connectivity index (χ3v) is 2.41. The predicted octanol–water partition coefficient (Wildman–Crippen LogP) is 2.70. The van der Waals surface area contributed by atoms with Crippen LogP contribution in [0.3, 0.4) is 0 Å². The highest BCUT2D eigenvalue weighted by atomic mass is 19.4. The van der Waals surface area contributed by atoms with Gasteiger partial charge in [0.1, 0.15) is 0 Å². The molecule has 0 radical (unpaired) electrons. The maximum absolute atomic E-state index is 12.4. The monoisotopic (exact) mass is 246 g/mol. The zero-order chi connectivity index (χ0) is 13.1. The number of alkyl halides is 3. The van der Waals surface area contributed by atoms with Gasteiger partial charge in [-0.15, -0.1) is 0 Å². The second-order valence-electron chi connectivity index (χ2n) is 4.23. The summed E-state index contributed by atoms with van der Waals surface area (Å²) in [6.07, 6.45) is -4.29.